The Morgan fingerprint density at radius 1 is 0.373 bits per heavy atom. The molecule has 0 saturated heterocycles. The molecule has 59 heavy (non-hydrogen) atoms. The molecule has 0 aromatic heterocycles. The second-order valence-corrected chi connectivity index (χ2v) is 22.2. The molecule has 0 saturated carbocycles. The summed E-state index contributed by atoms with van der Waals surface area (Å²) in [4.78, 5) is 0. The molecule has 1 atom stereocenters. The number of hydrogen-bond acceptors (Lipinski definition) is 0. The monoisotopic (exact) mass is 886 g/mol. The van der Waals surface area contributed by atoms with Gasteiger partial charge in [0.1, 0.15) is 0 Å². The van der Waals surface area contributed by atoms with Crippen LogP contribution >= 0.6 is 0 Å². The first-order valence-electron chi connectivity index (χ1n) is 20.3. The van der Waals surface area contributed by atoms with E-state index < -0.39 is 8.07 Å². The van der Waals surface area contributed by atoms with Crippen LogP contribution in [0.15, 0.2) is 148 Å². The van der Waals surface area contributed by atoms with E-state index in [4.69, 9.17) is 0 Å². The van der Waals surface area contributed by atoms with Crippen molar-refractivity contribution in [2.24, 2.45) is 0 Å². The minimum absolute atomic E-state index is 0. The zero-order chi connectivity index (χ0) is 39.9. The number of hydrogen-bond donors (Lipinski definition) is 0. The quantitative estimate of drug-likeness (QED) is 0.147. The van der Waals surface area contributed by atoms with E-state index in [1.165, 1.54) is 103 Å². The zero-order valence-corrected chi connectivity index (χ0v) is 41.2. The van der Waals surface area contributed by atoms with Crippen molar-refractivity contribution in [2.45, 2.75) is 93.5 Å². The van der Waals surface area contributed by atoms with Gasteiger partial charge in [-0.25, -0.2) is 0 Å². The van der Waals surface area contributed by atoms with E-state index in [1.54, 1.807) is 0 Å². The molecule has 302 valence electrons. The third kappa shape index (κ3) is 9.58. The minimum atomic E-state index is -2.84. The fraction of sp³-hybridized carbons (Fsp3) is 0.259. The number of aryl methyl sites for hydroxylation is 6. The van der Waals surface area contributed by atoms with Crippen molar-refractivity contribution in [1.82, 2.24) is 0 Å². The van der Waals surface area contributed by atoms with Crippen LogP contribution in [-0.4, -0.2) is 8.07 Å². The van der Waals surface area contributed by atoms with Crippen molar-refractivity contribution < 1.29 is 57.7 Å². The maximum atomic E-state index is 2.58. The largest absolute Gasteiger partial charge is 1.00 e. The predicted molar refractivity (Wildman–Crippen MR) is 240 cm³/mol. The van der Waals surface area contributed by atoms with Crippen molar-refractivity contribution in [3.05, 3.63) is 215 Å². The summed E-state index contributed by atoms with van der Waals surface area (Å²) in [7, 11) is -2.84. The Balaban J connectivity index is 0.00000256. The predicted octanol–water partition coefficient (Wildman–Crippen LogP) is 2.72. The van der Waals surface area contributed by atoms with E-state index in [2.05, 4.69) is 217 Å². The molecule has 1 aliphatic carbocycles. The second-order valence-electron chi connectivity index (χ2n) is 17.2. The molecule has 1 unspecified atom stereocenters. The molecule has 6 aromatic rings. The van der Waals surface area contributed by atoms with Gasteiger partial charge in [0.25, 0.3) is 0 Å². The first-order chi connectivity index (χ1) is 26.7. The van der Waals surface area contributed by atoms with Gasteiger partial charge in [-0.3, -0.25) is 0 Å². The van der Waals surface area contributed by atoms with Gasteiger partial charge in [0.15, 0.2) is 0 Å². The average molecular weight is 888 g/mol. The Hall–Kier alpha value is -3.40. The Bertz CT molecular complexity index is 2170. The fourth-order valence-electron chi connectivity index (χ4n) is 10.1. The fourth-order valence-corrected chi connectivity index (χ4v) is 17.6. The first kappa shape index (κ1) is 48.3. The molecule has 1 aliphatic rings. The zero-order valence-electron chi connectivity index (χ0n) is 36.4. The summed E-state index contributed by atoms with van der Waals surface area (Å²) in [5.74, 6) is 0. The third-order valence-electron chi connectivity index (χ3n) is 12.7. The first-order valence-corrected chi connectivity index (χ1v) is 23.1. The second kappa shape index (κ2) is 19.5. The van der Waals surface area contributed by atoms with E-state index in [-0.39, 0.29) is 42.3 Å². The molecule has 0 aliphatic heterocycles. The Morgan fingerprint density at radius 2 is 0.627 bits per heavy atom. The molecule has 6 aromatic carbocycles. The van der Waals surface area contributed by atoms with E-state index in [9.17, 15) is 0 Å². The molecule has 0 amide bonds. The van der Waals surface area contributed by atoms with Crippen molar-refractivity contribution in [1.29, 1.82) is 0 Å². The third-order valence-corrected chi connectivity index (χ3v) is 20.2. The minimum Gasteiger partial charge on any atom is -1.00 e. The molecule has 7 rings (SSSR count). The molecule has 5 heteroatoms. The summed E-state index contributed by atoms with van der Waals surface area (Å²) in [6.45, 7) is 23.0. The Labute approximate surface area is 386 Å². The van der Waals surface area contributed by atoms with Crippen molar-refractivity contribution in [3.8, 4) is 0 Å². The van der Waals surface area contributed by atoms with Crippen LogP contribution in [0.25, 0.3) is 0 Å². The van der Waals surface area contributed by atoms with Crippen LogP contribution in [0.3, 0.4) is 0 Å². The molecular formula is C54H57Cl3SiTi. The maximum Gasteiger partial charge on any atom is -1.00 e. The van der Waals surface area contributed by atoms with Crippen LogP contribution < -0.4 is 52.8 Å². The van der Waals surface area contributed by atoms with Crippen molar-refractivity contribution in [2.75, 3.05) is 0 Å². The topological polar surface area (TPSA) is 0 Å². The summed E-state index contributed by atoms with van der Waals surface area (Å²) >= 11 is 2.42. The summed E-state index contributed by atoms with van der Waals surface area (Å²) in [6.07, 6.45) is 2.81. The van der Waals surface area contributed by atoms with Gasteiger partial charge in [-0.05, 0) is 0 Å². The van der Waals surface area contributed by atoms with E-state index in [0.29, 0.717) is 0 Å². The number of halogens is 3. The van der Waals surface area contributed by atoms with Gasteiger partial charge in [-0.15, -0.1) is 0 Å². The van der Waals surface area contributed by atoms with Crippen LogP contribution in [0.5, 0.6) is 0 Å². The molecule has 0 spiro atoms. The number of benzene rings is 6. The summed E-state index contributed by atoms with van der Waals surface area (Å²) in [5.41, 5.74) is 20.6. The Kier molecular flexibility index (Phi) is 16.0. The Morgan fingerprint density at radius 3 is 0.847 bits per heavy atom. The van der Waals surface area contributed by atoms with Crippen LogP contribution in [0, 0.1) is 41.5 Å². The maximum absolute atomic E-state index is 2.84. The molecular weight excluding hydrogens is 831 g/mol. The van der Waals surface area contributed by atoms with Gasteiger partial charge in [0.05, 0.1) is 0 Å². The van der Waals surface area contributed by atoms with E-state index in [1.807, 2.05) is 0 Å². The number of rotatable bonds is 10. The molecule has 0 N–H and O–H groups in total. The molecule has 0 fully saturated rings. The summed E-state index contributed by atoms with van der Waals surface area (Å²) in [6, 6.07) is 50.4. The van der Waals surface area contributed by atoms with Gasteiger partial charge < -0.3 is 37.2 Å². The van der Waals surface area contributed by atoms with Crippen LogP contribution in [-0.2, 0) is 39.7 Å². The van der Waals surface area contributed by atoms with Crippen LogP contribution in [0.1, 0.15) is 94.5 Å². The molecule has 0 bridgehead atoms. The van der Waals surface area contributed by atoms with Crippen molar-refractivity contribution >= 4 is 23.6 Å². The normalized spacial score (nSPS) is 15.1. The van der Waals surface area contributed by atoms with Crippen LogP contribution in [0.4, 0.5) is 0 Å². The van der Waals surface area contributed by atoms with Gasteiger partial charge in [-0.2, -0.15) is 0 Å². The average Bonchev–Trinajstić information content (AvgIpc) is 3.28. The van der Waals surface area contributed by atoms with Gasteiger partial charge in [0.2, 0.25) is 0 Å². The summed E-state index contributed by atoms with van der Waals surface area (Å²) in [5, 5.41) is 4.24. The summed E-state index contributed by atoms with van der Waals surface area (Å²) < 4.78 is 1.51. The van der Waals surface area contributed by atoms with Gasteiger partial charge in [-0.1, -0.05) is 0 Å². The molecule has 0 radical (unpaired) electrons. The van der Waals surface area contributed by atoms with Gasteiger partial charge in [0, 0.05) is 0 Å². The SMILES string of the molecule is CC1=C(C)C(C)([Si](c2ccc(Cc3cc(C)cc(C)c3)cc2)(c2ccc(Cc3cc(C)cc(C)c3)cc2)c2ccc(Cc3cc(C)cc(C)c3)cc2)[C]([Ti+3])=C1C.[Cl-].[Cl-].[Cl-]. The van der Waals surface area contributed by atoms with Crippen molar-refractivity contribution in [3.63, 3.8) is 0 Å². The smallest absolute Gasteiger partial charge is 1.00 e. The number of allylic oxidation sites excluding steroid dienone is 4. The molecule has 0 nitrogen and oxygen atoms in total. The standard InChI is InChI=1S/C54H57Si.3ClH.Ti/c1-36-23-37(2)27-48(26-36)32-45-11-17-51(18-12-45)55(54(10)35-42(7)43(8)44(54)9,52-19-13-46(14-20-52)33-49-28-38(3)24-39(4)29-49)53-21-15-47(16-22-53)34-50-30-40(5)25-41(6)31-50;;;;/h11-31H,32-34H2,1-10H3;3*1H;/q;;;;+3/p-3. The van der Waals surface area contributed by atoms with Crippen LogP contribution in [0.2, 0.25) is 5.04 Å². The van der Waals surface area contributed by atoms with Gasteiger partial charge >= 0.3 is 352 Å². The van der Waals surface area contributed by atoms with E-state index in [0.717, 1.165) is 19.3 Å². The molecule has 0 heterocycles. The van der Waals surface area contributed by atoms with E-state index >= 15 is 0 Å².